The Hall–Kier alpha value is -1.68. The zero-order valence-corrected chi connectivity index (χ0v) is 18.8. The summed E-state index contributed by atoms with van der Waals surface area (Å²) in [5, 5.41) is 39.6. The zero-order chi connectivity index (χ0) is 24.4. The molecule has 0 aliphatic heterocycles. The molecular weight excluding hydrogens is 439 g/mol. The number of amides is 1. The molecule has 1 aliphatic rings. The van der Waals surface area contributed by atoms with Gasteiger partial charge in [-0.25, -0.2) is 5.48 Å². The molecule has 0 aromatic heterocycles. The van der Waals surface area contributed by atoms with Crippen LogP contribution in [0.2, 0.25) is 0 Å². The number of aliphatic hydroxyl groups excluding tert-OH is 3. The number of halogens is 3. The zero-order valence-electron chi connectivity index (χ0n) is 18.8. The van der Waals surface area contributed by atoms with Gasteiger partial charge in [0, 0.05) is 6.42 Å². The van der Waals surface area contributed by atoms with Gasteiger partial charge in [-0.15, -0.1) is 0 Å². The van der Waals surface area contributed by atoms with Gasteiger partial charge >= 0.3 is 6.18 Å². The Bertz CT molecular complexity index is 730. The summed E-state index contributed by atoms with van der Waals surface area (Å²) in [5.74, 6) is -0.587. The SMILES string of the molecule is O=C(CCCCCCC1C(O)CC(O)C1CCC(O)CCc1cccc(C(F)(F)F)c1)NO. The minimum atomic E-state index is -4.39. The molecule has 6 nitrogen and oxygen atoms in total. The third-order valence-electron chi connectivity index (χ3n) is 6.69. The van der Waals surface area contributed by atoms with Gasteiger partial charge < -0.3 is 15.3 Å². The average Bonchev–Trinajstić information content (AvgIpc) is 3.04. The van der Waals surface area contributed by atoms with Crippen molar-refractivity contribution in [2.45, 2.75) is 95.1 Å². The number of hydrogen-bond acceptors (Lipinski definition) is 5. The number of carbonyl (C=O) groups is 1. The Labute approximate surface area is 192 Å². The molecule has 5 N–H and O–H groups in total. The highest BCUT2D eigenvalue weighted by Crippen LogP contribution is 2.39. The molecule has 0 heterocycles. The second-order valence-electron chi connectivity index (χ2n) is 9.15. The van der Waals surface area contributed by atoms with Crippen LogP contribution in [0.15, 0.2) is 24.3 Å². The maximum Gasteiger partial charge on any atom is 0.416 e. The Morgan fingerprint density at radius 3 is 2.36 bits per heavy atom. The smallest absolute Gasteiger partial charge is 0.393 e. The van der Waals surface area contributed by atoms with Gasteiger partial charge in [0.2, 0.25) is 5.91 Å². The number of nitrogens with one attached hydrogen (secondary N) is 1. The summed E-state index contributed by atoms with van der Waals surface area (Å²) in [4.78, 5) is 11.0. The van der Waals surface area contributed by atoms with Crippen molar-refractivity contribution in [3.63, 3.8) is 0 Å². The van der Waals surface area contributed by atoms with E-state index >= 15 is 0 Å². The van der Waals surface area contributed by atoms with Crippen LogP contribution in [0, 0.1) is 11.8 Å². The molecule has 0 radical (unpaired) electrons. The number of aliphatic hydroxyl groups is 3. The topological polar surface area (TPSA) is 110 Å². The highest BCUT2D eigenvalue weighted by atomic mass is 19.4. The van der Waals surface area contributed by atoms with Crippen LogP contribution in [0.4, 0.5) is 13.2 Å². The van der Waals surface area contributed by atoms with Gasteiger partial charge in [0.05, 0.1) is 23.9 Å². The van der Waals surface area contributed by atoms with Crippen molar-refractivity contribution in [3.8, 4) is 0 Å². The van der Waals surface area contributed by atoms with Crippen LogP contribution in [-0.2, 0) is 17.4 Å². The van der Waals surface area contributed by atoms with Crippen LogP contribution in [0.25, 0.3) is 0 Å². The van der Waals surface area contributed by atoms with Gasteiger partial charge in [-0.3, -0.25) is 10.0 Å². The number of unbranched alkanes of at least 4 members (excludes halogenated alkanes) is 3. The molecule has 2 rings (SSSR count). The predicted octanol–water partition coefficient (Wildman–Crippen LogP) is 3.98. The van der Waals surface area contributed by atoms with Gasteiger partial charge in [0.1, 0.15) is 0 Å². The summed E-state index contributed by atoms with van der Waals surface area (Å²) in [6.07, 6.45) is -0.123. The van der Waals surface area contributed by atoms with E-state index in [0.29, 0.717) is 44.1 Å². The highest BCUT2D eigenvalue weighted by molar-refractivity contribution is 5.74. The molecule has 0 saturated heterocycles. The molecule has 0 bridgehead atoms. The van der Waals surface area contributed by atoms with E-state index in [1.165, 1.54) is 6.07 Å². The first-order valence-electron chi connectivity index (χ1n) is 11.7. The van der Waals surface area contributed by atoms with Gasteiger partial charge in [0.15, 0.2) is 0 Å². The Kier molecular flexibility index (Phi) is 11.1. The molecule has 5 atom stereocenters. The standard InChI is InChI=1S/C24H36F3NO5/c25-24(26,27)17-7-5-6-16(14-17)10-11-18(29)12-13-20-19(21(30)15-22(20)31)8-3-1-2-4-9-23(32)28-33/h5-7,14,18-22,29-31,33H,1-4,8-13,15H2,(H,28,32). The molecule has 1 fully saturated rings. The lowest BCUT2D eigenvalue weighted by molar-refractivity contribution is -0.137. The molecule has 9 heteroatoms. The Balaban J connectivity index is 1.74. The first-order chi connectivity index (χ1) is 15.6. The third-order valence-corrected chi connectivity index (χ3v) is 6.69. The predicted molar refractivity (Wildman–Crippen MR) is 116 cm³/mol. The average molecular weight is 476 g/mol. The van der Waals surface area contributed by atoms with Gasteiger partial charge in [-0.05, 0) is 68.4 Å². The van der Waals surface area contributed by atoms with E-state index in [9.17, 15) is 33.3 Å². The largest absolute Gasteiger partial charge is 0.416 e. The normalized spacial score (nSPS) is 24.1. The first kappa shape index (κ1) is 27.6. The third kappa shape index (κ3) is 9.23. The maximum atomic E-state index is 12.8. The van der Waals surface area contributed by atoms with E-state index in [4.69, 9.17) is 5.21 Å². The van der Waals surface area contributed by atoms with E-state index in [1.807, 2.05) is 0 Å². The number of rotatable bonds is 13. The minimum Gasteiger partial charge on any atom is -0.393 e. The van der Waals surface area contributed by atoms with Crippen LogP contribution in [0.5, 0.6) is 0 Å². The molecule has 5 unspecified atom stereocenters. The molecule has 1 aromatic carbocycles. The van der Waals surface area contributed by atoms with Crippen LogP contribution in [0.3, 0.4) is 0 Å². The van der Waals surface area contributed by atoms with E-state index in [2.05, 4.69) is 0 Å². The molecule has 0 spiro atoms. The van der Waals surface area contributed by atoms with Crippen molar-refractivity contribution in [1.29, 1.82) is 0 Å². The summed E-state index contributed by atoms with van der Waals surface area (Å²) in [6, 6.07) is 5.12. The van der Waals surface area contributed by atoms with E-state index in [0.717, 1.165) is 37.8 Å². The lowest BCUT2D eigenvalue weighted by atomic mass is 9.84. The summed E-state index contributed by atoms with van der Waals surface area (Å²) in [7, 11) is 0. The number of alkyl halides is 3. The van der Waals surface area contributed by atoms with Gasteiger partial charge in [-0.1, -0.05) is 37.5 Å². The second-order valence-corrected chi connectivity index (χ2v) is 9.15. The fourth-order valence-electron chi connectivity index (χ4n) is 4.82. The van der Waals surface area contributed by atoms with Crippen molar-refractivity contribution in [2.75, 3.05) is 0 Å². The van der Waals surface area contributed by atoms with Gasteiger partial charge in [0.25, 0.3) is 0 Å². The Morgan fingerprint density at radius 1 is 1.03 bits per heavy atom. The number of hydroxylamine groups is 1. The number of benzene rings is 1. The van der Waals surface area contributed by atoms with Crippen LogP contribution in [-0.4, -0.2) is 44.7 Å². The quantitative estimate of drug-likeness (QED) is 0.168. The lowest BCUT2D eigenvalue weighted by Gasteiger charge is -2.24. The molecule has 1 aliphatic carbocycles. The highest BCUT2D eigenvalue weighted by Gasteiger charge is 2.40. The van der Waals surface area contributed by atoms with Crippen LogP contribution in [0.1, 0.15) is 75.3 Å². The first-order valence-corrected chi connectivity index (χ1v) is 11.7. The summed E-state index contributed by atoms with van der Waals surface area (Å²) in [6.45, 7) is 0. The van der Waals surface area contributed by atoms with E-state index in [-0.39, 0.29) is 18.3 Å². The molecule has 33 heavy (non-hydrogen) atoms. The lowest BCUT2D eigenvalue weighted by Crippen LogP contribution is -2.24. The van der Waals surface area contributed by atoms with Crippen molar-refractivity contribution in [2.24, 2.45) is 11.8 Å². The minimum absolute atomic E-state index is 0.0589. The van der Waals surface area contributed by atoms with E-state index in [1.54, 1.807) is 11.5 Å². The van der Waals surface area contributed by atoms with E-state index < -0.39 is 36.0 Å². The summed E-state index contributed by atoms with van der Waals surface area (Å²) < 4.78 is 38.5. The molecule has 1 saturated carbocycles. The van der Waals surface area contributed by atoms with Crippen LogP contribution >= 0.6 is 0 Å². The van der Waals surface area contributed by atoms with Crippen molar-refractivity contribution in [3.05, 3.63) is 35.4 Å². The summed E-state index contributed by atoms with van der Waals surface area (Å²) in [5.41, 5.74) is 1.43. The van der Waals surface area contributed by atoms with Crippen molar-refractivity contribution < 1.29 is 38.5 Å². The van der Waals surface area contributed by atoms with Gasteiger partial charge in [-0.2, -0.15) is 13.2 Å². The van der Waals surface area contributed by atoms with Crippen molar-refractivity contribution >= 4 is 5.91 Å². The maximum absolute atomic E-state index is 12.8. The number of hydrogen-bond donors (Lipinski definition) is 5. The fourth-order valence-corrected chi connectivity index (χ4v) is 4.82. The monoisotopic (exact) mass is 475 g/mol. The number of aryl methyl sites for hydroxylation is 1. The molecule has 1 aromatic rings. The van der Waals surface area contributed by atoms with Crippen molar-refractivity contribution in [1.82, 2.24) is 5.48 Å². The summed E-state index contributed by atoms with van der Waals surface area (Å²) >= 11 is 0. The Morgan fingerprint density at radius 2 is 1.70 bits per heavy atom. The second kappa shape index (κ2) is 13.3. The fraction of sp³-hybridized carbons (Fsp3) is 0.708. The van der Waals surface area contributed by atoms with Crippen LogP contribution < -0.4 is 5.48 Å². The molecule has 1 amide bonds. The number of carbonyl (C=O) groups excluding carboxylic acids is 1. The molecular formula is C24H36F3NO5. The molecule has 188 valence electrons.